The van der Waals surface area contributed by atoms with Gasteiger partial charge in [0.1, 0.15) is 0 Å². The predicted molar refractivity (Wildman–Crippen MR) is 200 cm³/mol. The van der Waals surface area contributed by atoms with E-state index in [9.17, 15) is 0 Å². The molecule has 224 valence electrons. The minimum Gasteiger partial charge on any atom is -0.310 e. The minimum atomic E-state index is -0.348. The maximum Gasteiger partial charge on any atom is 0.0725 e. The Kier molecular flexibility index (Phi) is 5.86. The molecule has 0 aliphatic heterocycles. The van der Waals surface area contributed by atoms with Crippen molar-refractivity contribution in [3.8, 4) is 33.4 Å². The van der Waals surface area contributed by atoms with E-state index in [1.54, 1.807) is 0 Å². The Morgan fingerprint density at radius 1 is 0.333 bits per heavy atom. The number of fused-ring (bicyclic) bond motifs is 11. The van der Waals surface area contributed by atoms with Gasteiger partial charge in [0.2, 0.25) is 0 Å². The van der Waals surface area contributed by atoms with Gasteiger partial charge in [-0.05, 0) is 91.4 Å². The van der Waals surface area contributed by atoms with Gasteiger partial charge in [-0.3, -0.25) is 0 Å². The lowest BCUT2D eigenvalue weighted by Gasteiger charge is -2.31. The summed E-state index contributed by atoms with van der Waals surface area (Å²) in [6.45, 7) is 0. The van der Waals surface area contributed by atoms with E-state index in [0.717, 1.165) is 17.1 Å². The molecular weight excluding hydrogens is 579 g/mol. The molecule has 1 heteroatoms. The number of benzene rings is 8. The second-order valence-corrected chi connectivity index (χ2v) is 12.9. The maximum absolute atomic E-state index is 2.43. The van der Waals surface area contributed by atoms with Crippen LogP contribution in [0.15, 0.2) is 188 Å². The summed E-state index contributed by atoms with van der Waals surface area (Å²) in [5, 5.41) is 2.45. The summed E-state index contributed by atoms with van der Waals surface area (Å²) < 4.78 is 0. The van der Waals surface area contributed by atoms with Crippen LogP contribution in [0.2, 0.25) is 0 Å². The summed E-state index contributed by atoms with van der Waals surface area (Å²) in [5.74, 6) is 0. The van der Waals surface area contributed by atoms with E-state index in [-0.39, 0.29) is 5.41 Å². The van der Waals surface area contributed by atoms with Crippen LogP contribution in [0.25, 0.3) is 44.2 Å². The van der Waals surface area contributed by atoms with Crippen LogP contribution in [0.1, 0.15) is 22.3 Å². The highest BCUT2D eigenvalue weighted by Gasteiger charge is 2.51. The predicted octanol–water partition coefficient (Wildman–Crippen LogP) is 12.3. The molecule has 0 saturated carbocycles. The first kappa shape index (κ1) is 27.0. The second kappa shape index (κ2) is 10.4. The normalized spacial score (nSPS) is 13.2. The van der Waals surface area contributed by atoms with Gasteiger partial charge in [-0.25, -0.2) is 0 Å². The summed E-state index contributed by atoms with van der Waals surface area (Å²) in [7, 11) is 0. The number of hydrogen-bond acceptors (Lipinski definition) is 1. The standard InChI is InChI=1S/C47H31N/c1-2-13-32(14-3-1)33-25-27-35(28-26-33)48(46-24-12-16-34-15-4-5-17-37(34)46)36-29-30-45-41(31-36)40-20-8-11-23-44(40)47(45)42-21-9-6-18-38(42)39-19-7-10-22-43(39)47/h1-31H. The summed E-state index contributed by atoms with van der Waals surface area (Å²) in [6.07, 6.45) is 0. The van der Waals surface area contributed by atoms with Gasteiger partial charge in [0.25, 0.3) is 0 Å². The van der Waals surface area contributed by atoms with E-state index in [4.69, 9.17) is 0 Å². The molecule has 0 heterocycles. The molecule has 10 rings (SSSR count). The van der Waals surface area contributed by atoms with Crippen molar-refractivity contribution < 1.29 is 0 Å². The Bertz CT molecular complexity index is 2460. The highest BCUT2D eigenvalue weighted by atomic mass is 15.1. The maximum atomic E-state index is 2.43. The van der Waals surface area contributed by atoms with Crippen molar-refractivity contribution >= 4 is 27.8 Å². The zero-order valence-corrected chi connectivity index (χ0v) is 26.3. The second-order valence-electron chi connectivity index (χ2n) is 12.9. The molecule has 0 N–H and O–H groups in total. The van der Waals surface area contributed by atoms with Crippen molar-refractivity contribution in [2.75, 3.05) is 4.90 Å². The zero-order valence-electron chi connectivity index (χ0n) is 26.3. The average molecular weight is 610 g/mol. The van der Waals surface area contributed by atoms with Gasteiger partial charge in [0, 0.05) is 16.8 Å². The first-order valence-corrected chi connectivity index (χ1v) is 16.7. The van der Waals surface area contributed by atoms with Crippen LogP contribution in [-0.4, -0.2) is 0 Å². The molecule has 1 spiro atoms. The van der Waals surface area contributed by atoms with Gasteiger partial charge >= 0.3 is 0 Å². The lowest BCUT2D eigenvalue weighted by molar-refractivity contribution is 0.794. The summed E-state index contributed by atoms with van der Waals surface area (Å²) >= 11 is 0. The third kappa shape index (κ3) is 3.73. The molecule has 0 saturated heterocycles. The van der Waals surface area contributed by atoms with E-state index < -0.39 is 0 Å². The fourth-order valence-corrected chi connectivity index (χ4v) is 8.49. The third-order valence-electron chi connectivity index (χ3n) is 10.5. The van der Waals surface area contributed by atoms with E-state index in [0.29, 0.717) is 0 Å². The molecule has 1 nitrogen and oxygen atoms in total. The fourth-order valence-electron chi connectivity index (χ4n) is 8.49. The molecule has 48 heavy (non-hydrogen) atoms. The Morgan fingerprint density at radius 2 is 0.833 bits per heavy atom. The molecule has 0 aromatic heterocycles. The summed E-state index contributed by atoms with van der Waals surface area (Å²) in [6, 6.07) is 69.1. The lowest BCUT2D eigenvalue weighted by atomic mass is 9.70. The van der Waals surface area contributed by atoms with Crippen LogP contribution in [0.3, 0.4) is 0 Å². The van der Waals surface area contributed by atoms with Gasteiger partial charge in [0.15, 0.2) is 0 Å². The summed E-state index contributed by atoms with van der Waals surface area (Å²) in [5.41, 5.74) is 16.2. The van der Waals surface area contributed by atoms with Crippen LogP contribution in [0, 0.1) is 0 Å². The Hall–Kier alpha value is -6.18. The largest absolute Gasteiger partial charge is 0.310 e. The van der Waals surface area contributed by atoms with Crippen molar-refractivity contribution in [1.29, 1.82) is 0 Å². The number of rotatable bonds is 4. The van der Waals surface area contributed by atoms with E-state index >= 15 is 0 Å². The minimum absolute atomic E-state index is 0.348. The van der Waals surface area contributed by atoms with Crippen molar-refractivity contribution in [2.24, 2.45) is 0 Å². The van der Waals surface area contributed by atoms with Crippen LogP contribution in [-0.2, 0) is 5.41 Å². The first-order chi connectivity index (χ1) is 23.8. The Morgan fingerprint density at radius 3 is 1.52 bits per heavy atom. The number of hydrogen-bond donors (Lipinski definition) is 0. The molecule has 2 aliphatic carbocycles. The number of anilines is 3. The van der Waals surface area contributed by atoms with Crippen molar-refractivity contribution in [1.82, 2.24) is 0 Å². The molecule has 0 bridgehead atoms. The lowest BCUT2D eigenvalue weighted by Crippen LogP contribution is -2.25. The Labute approximate surface area is 281 Å². The highest BCUT2D eigenvalue weighted by molar-refractivity contribution is 6.01. The van der Waals surface area contributed by atoms with E-state index in [1.165, 1.54) is 66.4 Å². The van der Waals surface area contributed by atoms with Crippen LogP contribution < -0.4 is 4.90 Å². The fraction of sp³-hybridized carbons (Fsp3) is 0.0213. The molecule has 0 atom stereocenters. The molecular formula is C47H31N. The van der Waals surface area contributed by atoms with Crippen LogP contribution >= 0.6 is 0 Å². The van der Waals surface area contributed by atoms with Crippen LogP contribution in [0.5, 0.6) is 0 Å². The molecule has 0 unspecified atom stereocenters. The van der Waals surface area contributed by atoms with Crippen molar-refractivity contribution in [3.05, 3.63) is 210 Å². The molecule has 8 aromatic carbocycles. The molecule has 0 fully saturated rings. The molecule has 8 aromatic rings. The highest BCUT2D eigenvalue weighted by Crippen LogP contribution is 2.63. The zero-order chi connectivity index (χ0) is 31.7. The van der Waals surface area contributed by atoms with Gasteiger partial charge in [-0.2, -0.15) is 0 Å². The molecule has 0 amide bonds. The van der Waals surface area contributed by atoms with Gasteiger partial charge in [0.05, 0.1) is 11.1 Å². The SMILES string of the molecule is c1ccc(-c2ccc(N(c3ccc4c(c3)-c3ccccc3C43c4ccccc4-c4ccccc43)c3cccc4ccccc34)cc2)cc1. The van der Waals surface area contributed by atoms with Gasteiger partial charge in [-0.15, -0.1) is 0 Å². The van der Waals surface area contributed by atoms with E-state index in [2.05, 4.69) is 193 Å². The molecule has 0 radical (unpaired) electrons. The Balaban J connectivity index is 1.22. The smallest absolute Gasteiger partial charge is 0.0725 e. The average Bonchev–Trinajstić information content (AvgIpc) is 3.63. The van der Waals surface area contributed by atoms with Crippen molar-refractivity contribution in [3.63, 3.8) is 0 Å². The molecule has 2 aliphatic rings. The quantitative estimate of drug-likeness (QED) is 0.192. The topological polar surface area (TPSA) is 3.24 Å². The van der Waals surface area contributed by atoms with Crippen molar-refractivity contribution in [2.45, 2.75) is 5.41 Å². The van der Waals surface area contributed by atoms with Gasteiger partial charge < -0.3 is 4.90 Å². The monoisotopic (exact) mass is 609 g/mol. The van der Waals surface area contributed by atoms with Gasteiger partial charge in [-0.1, -0.05) is 158 Å². The summed E-state index contributed by atoms with van der Waals surface area (Å²) in [4.78, 5) is 2.43. The number of nitrogens with zero attached hydrogens (tertiary/aromatic N) is 1. The van der Waals surface area contributed by atoms with Crippen LogP contribution in [0.4, 0.5) is 17.1 Å². The first-order valence-electron chi connectivity index (χ1n) is 16.7. The van der Waals surface area contributed by atoms with E-state index in [1.807, 2.05) is 0 Å². The third-order valence-corrected chi connectivity index (χ3v) is 10.5.